The van der Waals surface area contributed by atoms with E-state index in [4.69, 9.17) is 0 Å². The molecule has 8 nitrogen and oxygen atoms in total. The number of anilines is 1. The van der Waals surface area contributed by atoms with Crippen molar-refractivity contribution in [2.45, 2.75) is 18.9 Å². The first-order valence-corrected chi connectivity index (χ1v) is 9.01. The first-order valence-electron chi connectivity index (χ1n) is 9.01. The minimum absolute atomic E-state index is 0.00504. The highest BCUT2D eigenvalue weighted by atomic mass is 16.1. The van der Waals surface area contributed by atoms with Crippen molar-refractivity contribution in [2.24, 2.45) is 0 Å². The van der Waals surface area contributed by atoms with Crippen LogP contribution in [0.5, 0.6) is 0 Å². The molecule has 1 aliphatic rings. The number of H-pyrrole nitrogens is 1. The van der Waals surface area contributed by atoms with E-state index >= 15 is 0 Å². The van der Waals surface area contributed by atoms with Crippen LogP contribution < -0.4 is 5.32 Å². The van der Waals surface area contributed by atoms with Gasteiger partial charge in [-0.05, 0) is 16.3 Å². The Kier molecular flexibility index (Phi) is 3.93. The predicted molar refractivity (Wildman–Crippen MR) is 102 cm³/mol. The van der Waals surface area contributed by atoms with Gasteiger partial charge in [-0.1, -0.05) is 54.6 Å². The molecule has 0 aliphatic carbocycles. The minimum atomic E-state index is -0.0346. The van der Waals surface area contributed by atoms with E-state index in [9.17, 15) is 4.79 Å². The van der Waals surface area contributed by atoms with E-state index in [0.29, 0.717) is 18.8 Å². The van der Waals surface area contributed by atoms with E-state index in [-0.39, 0.29) is 11.8 Å². The molecule has 1 amide bonds. The van der Waals surface area contributed by atoms with Gasteiger partial charge in [0, 0.05) is 23.5 Å². The number of tetrazole rings is 1. The molecule has 0 bridgehead atoms. The van der Waals surface area contributed by atoms with Crippen LogP contribution in [0.25, 0.3) is 11.4 Å². The van der Waals surface area contributed by atoms with Gasteiger partial charge < -0.3 is 5.32 Å². The molecule has 3 heterocycles. The van der Waals surface area contributed by atoms with Gasteiger partial charge in [-0.2, -0.15) is 10.3 Å². The summed E-state index contributed by atoms with van der Waals surface area (Å²) in [6.07, 6.45) is 2.25. The normalized spacial score (nSPS) is 15.9. The molecule has 1 aliphatic heterocycles. The number of carbonyl (C=O) groups excluding carboxylic acids is 1. The number of benzene rings is 2. The van der Waals surface area contributed by atoms with E-state index in [1.807, 2.05) is 65.5 Å². The molecule has 28 heavy (non-hydrogen) atoms. The van der Waals surface area contributed by atoms with Crippen molar-refractivity contribution in [3.05, 3.63) is 77.5 Å². The molecule has 1 atom stereocenters. The molecule has 0 saturated carbocycles. The summed E-state index contributed by atoms with van der Waals surface area (Å²) < 4.78 is 1.85. The second kappa shape index (κ2) is 6.73. The molecular weight excluding hydrogens is 354 g/mol. The zero-order chi connectivity index (χ0) is 18.9. The molecule has 4 aromatic rings. The molecule has 0 radical (unpaired) electrons. The number of hydrogen-bond donors (Lipinski definition) is 2. The fourth-order valence-electron chi connectivity index (χ4n) is 3.59. The summed E-state index contributed by atoms with van der Waals surface area (Å²) >= 11 is 0. The third kappa shape index (κ3) is 2.94. The van der Waals surface area contributed by atoms with E-state index < -0.39 is 0 Å². The Hall–Kier alpha value is -3.81. The second-order valence-electron chi connectivity index (χ2n) is 6.75. The molecule has 1 unspecified atom stereocenters. The van der Waals surface area contributed by atoms with Gasteiger partial charge in [-0.25, -0.2) is 4.68 Å². The number of nitrogens with one attached hydrogen (secondary N) is 2. The lowest BCUT2D eigenvalue weighted by atomic mass is 9.87. The lowest BCUT2D eigenvalue weighted by Crippen LogP contribution is -2.25. The van der Waals surface area contributed by atoms with Crippen LogP contribution in [0.4, 0.5) is 5.82 Å². The number of hydrogen-bond acceptors (Lipinski definition) is 5. The van der Waals surface area contributed by atoms with Crippen molar-refractivity contribution < 1.29 is 4.79 Å². The van der Waals surface area contributed by atoms with Crippen LogP contribution in [-0.2, 0) is 11.3 Å². The highest BCUT2D eigenvalue weighted by Crippen LogP contribution is 2.37. The van der Waals surface area contributed by atoms with Crippen LogP contribution in [0.2, 0.25) is 0 Å². The van der Waals surface area contributed by atoms with Crippen molar-refractivity contribution in [3.8, 4) is 11.4 Å². The topological polar surface area (TPSA) is 101 Å². The van der Waals surface area contributed by atoms with Crippen LogP contribution in [0.3, 0.4) is 0 Å². The number of rotatable bonds is 4. The zero-order valence-corrected chi connectivity index (χ0v) is 14.9. The van der Waals surface area contributed by atoms with Gasteiger partial charge in [0.15, 0.2) is 0 Å². The Morgan fingerprint density at radius 1 is 1.07 bits per heavy atom. The maximum atomic E-state index is 12.4. The second-order valence-corrected chi connectivity index (χ2v) is 6.75. The Balaban J connectivity index is 1.47. The fraction of sp³-hybridized carbons (Fsp3) is 0.150. The summed E-state index contributed by atoms with van der Waals surface area (Å²) in [5, 5.41) is 21.6. The van der Waals surface area contributed by atoms with Crippen molar-refractivity contribution in [1.29, 1.82) is 0 Å². The summed E-state index contributed by atoms with van der Waals surface area (Å²) in [4.78, 5) is 12.4. The first kappa shape index (κ1) is 16.4. The summed E-state index contributed by atoms with van der Waals surface area (Å²) in [7, 11) is 0. The molecule has 0 spiro atoms. The largest absolute Gasteiger partial charge is 0.311 e. The predicted octanol–water partition coefficient (Wildman–Crippen LogP) is 2.59. The van der Waals surface area contributed by atoms with E-state index in [0.717, 1.165) is 28.1 Å². The van der Waals surface area contributed by atoms with Crippen molar-refractivity contribution in [1.82, 2.24) is 30.4 Å². The molecule has 2 N–H and O–H groups in total. The third-order valence-electron chi connectivity index (χ3n) is 4.98. The van der Waals surface area contributed by atoms with Gasteiger partial charge in [-0.15, -0.1) is 10.2 Å². The number of aromatic amines is 1. The van der Waals surface area contributed by atoms with Crippen molar-refractivity contribution in [3.63, 3.8) is 0 Å². The molecule has 2 aromatic carbocycles. The lowest BCUT2D eigenvalue weighted by Gasteiger charge is -2.24. The average Bonchev–Trinajstić information content (AvgIpc) is 3.39. The number of fused-ring (bicyclic) bond motifs is 1. The monoisotopic (exact) mass is 371 g/mol. The zero-order valence-electron chi connectivity index (χ0n) is 14.9. The highest BCUT2D eigenvalue weighted by Gasteiger charge is 2.30. The smallest absolute Gasteiger partial charge is 0.226 e. The van der Waals surface area contributed by atoms with Gasteiger partial charge in [-0.3, -0.25) is 4.79 Å². The maximum absolute atomic E-state index is 12.4. The van der Waals surface area contributed by atoms with Crippen LogP contribution in [0, 0.1) is 0 Å². The lowest BCUT2D eigenvalue weighted by molar-refractivity contribution is -0.116. The molecular formula is C20H17N7O. The van der Waals surface area contributed by atoms with Crippen molar-refractivity contribution >= 4 is 11.7 Å². The third-order valence-corrected chi connectivity index (χ3v) is 4.98. The summed E-state index contributed by atoms with van der Waals surface area (Å²) in [5.74, 6) is 1.28. The number of carbonyl (C=O) groups is 1. The number of nitrogens with zero attached hydrogens (tertiary/aromatic N) is 5. The highest BCUT2D eigenvalue weighted by molar-refractivity contribution is 5.94. The molecule has 8 heteroatoms. The Labute approximate surface area is 160 Å². The summed E-state index contributed by atoms with van der Waals surface area (Å²) in [6, 6.07) is 18.0. The van der Waals surface area contributed by atoms with Gasteiger partial charge in [0.2, 0.25) is 11.7 Å². The molecule has 2 aromatic heterocycles. The summed E-state index contributed by atoms with van der Waals surface area (Å²) in [5.41, 5.74) is 4.09. The van der Waals surface area contributed by atoms with Gasteiger partial charge >= 0.3 is 0 Å². The molecule has 0 saturated heterocycles. The minimum Gasteiger partial charge on any atom is -0.311 e. The molecule has 0 fully saturated rings. The van der Waals surface area contributed by atoms with Crippen LogP contribution >= 0.6 is 0 Å². The van der Waals surface area contributed by atoms with Gasteiger partial charge in [0.1, 0.15) is 5.82 Å². The van der Waals surface area contributed by atoms with E-state index in [2.05, 4.69) is 31.0 Å². The first-order chi connectivity index (χ1) is 13.8. The maximum Gasteiger partial charge on any atom is 0.226 e. The quantitative estimate of drug-likeness (QED) is 0.574. The van der Waals surface area contributed by atoms with Crippen LogP contribution in [0.15, 0.2) is 60.8 Å². The molecule has 5 rings (SSSR count). The Bertz CT molecular complexity index is 1100. The van der Waals surface area contributed by atoms with Gasteiger partial charge in [0.25, 0.3) is 0 Å². The van der Waals surface area contributed by atoms with Gasteiger partial charge in [0.05, 0.1) is 12.7 Å². The summed E-state index contributed by atoms with van der Waals surface area (Å²) in [6.45, 7) is 0.611. The van der Waals surface area contributed by atoms with Crippen molar-refractivity contribution in [2.75, 3.05) is 5.32 Å². The average molecular weight is 371 g/mol. The number of amides is 1. The number of aromatic nitrogens is 6. The SMILES string of the molecule is O=C1CC(c2ccc(-c3nn[nH]n3)cc2)c2cnn(Cc3ccccc3)c2N1. The van der Waals surface area contributed by atoms with E-state index in [1.165, 1.54) is 0 Å². The van der Waals surface area contributed by atoms with E-state index in [1.54, 1.807) is 0 Å². The Morgan fingerprint density at radius 2 is 1.89 bits per heavy atom. The standard InChI is InChI=1S/C20H17N7O/c28-18-10-16(14-6-8-15(9-7-14)19-23-25-26-24-19)17-11-21-27(20(17)22-18)12-13-4-2-1-3-5-13/h1-9,11,16H,10,12H2,(H,22,28)(H,23,24,25,26). The Morgan fingerprint density at radius 3 is 2.64 bits per heavy atom. The fourth-order valence-corrected chi connectivity index (χ4v) is 3.59. The molecule has 138 valence electrons. The van der Waals surface area contributed by atoms with Crippen LogP contribution in [-0.4, -0.2) is 36.3 Å². The van der Waals surface area contributed by atoms with Crippen LogP contribution in [0.1, 0.15) is 29.0 Å².